The average molecular weight is 357 g/mol. The lowest BCUT2D eigenvalue weighted by Crippen LogP contribution is -2.37. The van der Waals surface area contributed by atoms with Gasteiger partial charge in [0.05, 0.1) is 30.7 Å². The third-order valence-corrected chi connectivity index (χ3v) is 5.84. The average Bonchev–Trinajstić information content (AvgIpc) is 3.14. The molecule has 26 heavy (non-hydrogen) atoms. The van der Waals surface area contributed by atoms with Crippen LogP contribution in [0.2, 0.25) is 0 Å². The third-order valence-electron chi connectivity index (χ3n) is 5.84. The van der Waals surface area contributed by atoms with Crippen molar-refractivity contribution >= 4 is 5.91 Å². The quantitative estimate of drug-likeness (QED) is 0.836. The van der Waals surface area contributed by atoms with E-state index in [0.29, 0.717) is 19.0 Å². The van der Waals surface area contributed by atoms with Crippen molar-refractivity contribution in [3.63, 3.8) is 0 Å². The smallest absolute Gasteiger partial charge is 0.226 e. The maximum Gasteiger partial charge on any atom is 0.226 e. The van der Waals surface area contributed by atoms with Crippen molar-refractivity contribution in [2.24, 2.45) is 11.8 Å². The van der Waals surface area contributed by atoms with E-state index in [1.807, 2.05) is 21.2 Å². The van der Waals surface area contributed by atoms with Crippen molar-refractivity contribution in [2.45, 2.75) is 65.6 Å². The number of aromatic nitrogens is 6. The van der Waals surface area contributed by atoms with Gasteiger partial charge >= 0.3 is 0 Å². The Morgan fingerprint density at radius 1 is 1.19 bits per heavy atom. The molecule has 0 unspecified atom stereocenters. The molecular weight excluding hydrogens is 330 g/mol. The van der Waals surface area contributed by atoms with Gasteiger partial charge in [0.25, 0.3) is 0 Å². The molecule has 3 heterocycles. The summed E-state index contributed by atoms with van der Waals surface area (Å²) in [4.78, 5) is 15.1. The number of hydrogen-bond donors (Lipinski definition) is 0. The van der Waals surface area contributed by atoms with Gasteiger partial charge in [-0.15, -0.1) is 10.2 Å². The molecule has 1 aliphatic heterocycles. The molecule has 1 aliphatic carbocycles. The second kappa shape index (κ2) is 7.17. The fraction of sp³-hybridized carbons (Fsp3) is 0.722. The largest absolute Gasteiger partial charge is 0.336 e. The molecule has 2 aromatic heterocycles. The first kappa shape index (κ1) is 17.2. The first-order valence-corrected chi connectivity index (χ1v) is 9.67. The molecule has 140 valence electrons. The molecule has 1 fully saturated rings. The van der Waals surface area contributed by atoms with Crippen LogP contribution < -0.4 is 0 Å². The number of fused-ring (bicyclic) bond motifs is 1. The molecule has 0 N–H and O–H groups in total. The second-order valence-corrected chi connectivity index (χ2v) is 7.81. The molecule has 8 nitrogen and oxygen atoms in total. The van der Waals surface area contributed by atoms with E-state index in [-0.39, 0.29) is 5.92 Å². The fourth-order valence-electron chi connectivity index (χ4n) is 4.08. The summed E-state index contributed by atoms with van der Waals surface area (Å²) < 4.78 is 3.78. The standard InChI is InChI=1S/C18H27N7O/c1-13-4-6-15(7-5-13)18(26)23-8-3-9-24-17(12-23)16(20-22-24)11-25-14(2)10-19-21-25/h10,13,15H,3-9,11-12H2,1-2H3. The Kier molecular flexibility index (Phi) is 4.74. The predicted molar refractivity (Wildman–Crippen MR) is 95.0 cm³/mol. The van der Waals surface area contributed by atoms with Gasteiger partial charge in [-0.1, -0.05) is 17.4 Å². The molecule has 0 saturated heterocycles. The van der Waals surface area contributed by atoms with E-state index in [9.17, 15) is 4.79 Å². The lowest BCUT2D eigenvalue weighted by molar-refractivity contribution is -0.137. The van der Waals surface area contributed by atoms with Crippen LogP contribution in [0.1, 0.15) is 56.1 Å². The van der Waals surface area contributed by atoms with E-state index < -0.39 is 0 Å². The molecular formula is C18H27N7O. The van der Waals surface area contributed by atoms with Crippen LogP contribution in [0.25, 0.3) is 0 Å². The van der Waals surface area contributed by atoms with E-state index in [4.69, 9.17) is 0 Å². The number of carbonyl (C=O) groups excluding carboxylic acids is 1. The number of amides is 1. The summed E-state index contributed by atoms with van der Waals surface area (Å²) in [6.45, 7) is 7.02. The van der Waals surface area contributed by atoms with Gasteiger partial charge < -0.3 is 4.90 Å². The van der Waals surface area contributed by atoms with Crippen molar-refractivity contribution in [1.82, 2.24) is 34.9 Å². The van der Waals surface area contributed by atoms with Crippen LogP contribution in [0, 0.1) is 18.8 Å². The highest BCUT2D eigenvalue weighted by molar-refractivity contribution is 5.79. The van der Waals surface area contributed by atoms with Crippen molar-refractivity contribution in [3.05, 3.63) is 23.3 Å². The topological polar surface area (TPSA) is 81.7 Å². The minimum atomic E-state index is 0.189. The molecule has 0 spiro atoms. The number of nitrogens with zero attached hydrogens (tertiary/aromatic N) is 7. The summed E-state index contributed by atoms with van der Waals surface area (Å²) in [5, 5.41) is 16.7. The molecule has 2 aromatic rings. The van der Waals surface area contributed by atoms with Gasteiger partial charge in [-0.25, -0.2) is 9.36 Å². The lowest BCUT2D eigenvalue weighted by Gasteiger charge is -2.30. The van der Waals surface area contributed by atoms with Gasteiger partial charge in [-0.05, 0) is 44.9 Å². The Morgan fingerprint density at radius 3 is 2.73 bits per heavy atom. The van der Waals surface area contributed by atoms with Gasteiger partial charge in [-0.2, -0.15) is 0 Å². The van der Waals surface area contributed by atoms with Gasteiger partial charge in [0, 0.05) is 19.0 Å². The monoisotopic (exact) mass is 357 g/mol. The molecule has 2 aliphatic rings. The molecule has 1 amide bonds. The van der Waals surface area contributed by atoms with Crippen LogP contribution in [0.5, 0.6) is 0 Å². The SMILES string of the molecule is Cc1cnnn1Cc1nnn2c1CN(C(=O)C1CCC(C)CC1)CCC2. The Bertz CT molecular complexity index is 772. The first-order valence-electron chi connectivity index (χ1n) is 9.67. The normalized spacial score (nSPS) is 23.5. The highest BCUT2D eigenvalue weighted by Gasteiger charge is 2.30. The van der Waals surface area contributed by atoms with Gasteiger partial charge in [0.15, 0.2) is 0 Å². The van der Waals surface area contributed by atoms with Crippen molar-refractivity contribution in [2.75, 3.05) is 6.54 Å². The minimum absolute atomic E-state index is 0.189. The maximum atomic E-state index is 13.1. The van der Waals surface area contributed by atoms with E-state index in [0.717, 1.165) is 55.4 Å². The summed E-state index contributed by atoms with van der Waals surface area (Å²) >= 11 is 0. The van der Waals surface area contributed by atoms with E-state index in [1.165, 1.54) is 12.8 Å². The van der Waals surface area contributed by atoms with Crippen LogP contribution in [0.3, 0.4) is 0 Å². The number of carbonyl (C=O) groups is 1. The van der Waals surface area contributed by atoms with Crippen LogP contribution in [-0.2, 0) is 24.4 Å². The van der Waals surface area contributed by atoms with Gasteiger partial charge in [0.1, 0.15) is 5.69 Å². The summed E-state index contributed by atoms with van der Waals surface area (Å²) in [5.41, 5.74) is 2.91. The fourth-order valence-corrected chi connectivity index (χ4v) is 4.08. The van der Waals surface area contributed by atoms with E-state index in [1.54, 1.807) is 6.20 Å². The summed E-state index contributed by atoms with van der Waals surface area (Å²) in [6, 6.07) is 0. The molecule has 0 atom stereocenters. The molecule has 0 aromatic carbocycles. The highest BCUT2D eigenvalue weighted by atomic mass is 16.2. The molecule has 0 bridgehead atoms. The second-order valence-electron chi connectivity index (χ2n) is 7.81. The molecule has 4 rings (SSSR count). The lowest BCUT2D eigenvalue weighted by atomic mass is 9.82. The first-order chi connectivity index (χ1) is 12.6. The Balaban J connectivity index is 1.51. The van der Waals surface area contributed by atoms with Crippen molar-refractivity contribution < 1.29 is 4.79 Å². The minimum Gasteiger partial charge on any atom is -0.336 e. The van der Waals surface area contributed by atoms with Gasteiger partial charge in [0.2, 0.25) is 5.91 Å². The van der Waals surface area contributed by atoms with Crippen LogP contribution in [0.4, 0.5) is 0 Å². The Hall–Kier alpha value is -2.25. The molecule has 8 heteroatoms. The van der Waals surface area contributed by atoms with Crippen LogP contribution in [-0.4, -0.2) is 47.3 Å². The third kappa shape index (κ3) is 3.37. The van der Waals surface area contributed by atoms with Crippen LogP contribution in [0.15, 0.2) is 6.20 Å². The molecule has 0 radical (unpaired) electrons. The Labute approximate surface area is 153 Å². The number of hydrogen-bond acceptors (Lipinski definition) is 5. The number of rotatable bonds is 3. The molecule has 1 saturated carbocycles. The zero-order valence-corrected chi connectivity index (χ0v) is 15.6. The zero-order chi connectivity index (χ0) is 18.1. The number of aryl methyl sites for hydroxylation is 2. The van der Waals surface area contributed by atoms with Crippen molar-refractivity contribution in [1.29, 1.82) is 0 Å². The predicted octanol–water partition coefficient (Wildman–Crippen LogP) is 1.78. The Morgan fingerprint density at radius 2 is 2.00 bits per heavy atom. The summed E-state index contributed by atoms with van der Waals surface area (Å²) in [7, 11) is 0. The maximum absolute atomic E-state index is 13.1. The van der Waals surface area contributed by atoms with E-state index in [2.05, 4.69) is 27.5 Å². The highest BCUT2D eigenvalue weighted by Crippen LogP contribution is 2.30. The zero-order valence-electron chi connectivity index (χ0n) is 15.6. The summed E-state index contributed by atoms with van der Waals surface area (Å²) in [5.74, 6) is 1.26. The van der Waals surface area contributed by atoms with Gasteiger partial charge in [-0.3, -0.25) is 4.79 Å². The van der Waals surface area contributed by atoms with Crippen molar-refractivity contribution in [3.8, 4) is 0 Å². The summed E-state index contributed by atoms with van der Waals surface area (Å²) in [6.07, 6.45) is 7.05. The van der Waals surface area contributed by atoms with E-state index >= 15 is 0 Å². The van der Waals surface area contributed by atoms with Crippen LogP contribution >= 0.6 is 0 Å².